The van der Waals surface area contributed by atoms with Gasteiger partial charge in [-0.2, -0.15) is 4.98 Å². The summed E-state index contributed by atoms with van der Waals surface area (Å²) >= 11 is 6.03. The molecule has 0 spiro atoms. The molecule has 31 heavy (non-hydrogen) atoms. The molecule has 1 saturated heterocycles. The van der Waals surface area contributed by atoms with Crippen molar-refractivity contribution < 1.29 is 9.21 Å². The lowest BCUT2D eigenvalue weighted by Gasteiger charge is -2.33. The van der Waals surface area contributed by atoms with Crippen LogP contribution >= 0.6 is 11.6 Å². The Labute approximate surface area is 186 Å². The second kappa shape index (κ2) is 8.32. The number of likely N-dealkylation sites (N-methyl/N-ethyl adjacent to an activating group) is 1. The Morgan fingerprint density at radius 3 is 2.55 bits per heavy atom. The van der Waals surface area contributed by atoms with Crippen LogP contribution in [0.5, 0.6) is 0 Å². The fourth-order valence-corrected chi connectivity index (χ4v) is 4.33. The van der Waals surface area contributed by atoms with Crippen molar-refractivity contribution in [2.24, 2.45) is 0 Å². The van der Waals surface area contributed by atoms with Crippen molar-refractivity contribution in [3.05, 3.63) is 64.7 Å². The first kappa shape index (κ1) is 20.0. The largest absolute Gasteiger partial charge is 0.469 e. The predicted molar refractivity (Wildman–Crippen MR) is 121 cm³/mol. The highest BCUT2D eigenvalue weighted by atomic mass is 35.5. The fraction of sp³-hybridized carbons (Fsp3) is 0.348. The summed E-state index contributed by atoms with van der Waals surface area (Å²) in [5.41, 5.74) is 2.18. The molecule has 1 N–H and O–H groups in total. The van der Waals surface area contributed by atoms with Crippen LogP contribution in [0.15, 0.2) is 47.1 Å². The Kier molecular flexibility index (Phi) is 5.38. The summed E-state index contributed by atoms with van der Waals surface area (Å²) in [7, 11) is 2.12. The van der Waals surface area contributed by atoms with E-state index < -0.39 is 0 Å². The SMILES string of the molecule is CN1CCN(c2nc3c(c(Nc4ccc(Cl)cc4)n2)C(=O)CC(c2ccco2)C3)CC1. The van der Waals surface area contributed by atoms with Gasteiger partial charge in [-0.05, 0) is 43.4 Å². The molecule has 5 rings (SSSR count). The van der Waals surface area contributed by atoms with E-state index in [1.807, 2.05) is 36.4 Å². The molecule has 3 aromatic rings. The lowest BCUT2D eigenvalue weighted by molar-refractivity contribution is 0.0959. The number of Topliss-reactive ketones (excluding diaryl/α,β-unsaturated/α-hetero) is 1. The summed E-state index contributed by atoms with van der Waals surface area (Å²) in [5.74, 6) is 2.07. The number of carbonyl (C=O) groups is 1. The van der Waals surface area contributed by atoms with Crippen molar-refractivity contribution in [3.63, 3.8) is 0 Å². The van der Waals surface area contributed by atoms with Crippen molar-refractivity contribution >= 4 is 34.8 Å². The molecule has 1 aliphatic heterocycles. The minimum absolute atomic E-state index is 0.00591. The Morgan fingerprint density at radius 1 is 1.06 bits per heavy atom. The van der Waals surface area contributed by atoms with Gasteiger partial charge in [-0.1, -0.05) is 11.6 Å². The number of furan rings is 1. The molecule has 8 heteroatoms. The molecular formula is C23H24ClN5O2. The topological polar surface area (TPSA) is 74.5 Å². The van der Waals surface area contributed by atoms with Gasteiger partial charge in [-0.25, -0.2) is 4.98 Å². The summed E-state index contributed by atoms with van der Waals surface area (Å²) in [5, 5.41) is 3.99. The van der Waals surface area contributed by atoms with Gasteiger partial charge in [0.15, 0.2) is 5.78 Å². The monoisotopic (exact) mass is 437 g/mol. The van der Waals surface area contributed by atoms with E-state index in [2.05, 4.69) is 22.2 Å². The normalized spacial score (nSPS) is 19.4. The Hall–Kier alpha value is -2.90. The molecule has 3 heterocycles. The van der Waals surface area contributed by atoms with Crippen LogP contribution < -0.4 is 10.2 Å². The highest BCUT2D eigenvalue weighted by molar-refractivity contribution is 6.30. The molecule has 0 radical (unpaired) electrons. The van der Waals surface area contributed by atoms with Crippen molar-refractivity contribution in [3.8, 4) is 0 Å². The number of hydrogen-bond donors (Lipinski definition) is 1. The Bertz CT molecular complexity index is 1080. The maximum absolute atomic E-state index is 13.2. The minimum atomic E-state index is -0.00591. The van der Waals surface area contributed by atoms with E-state index in [-0.39, 0.29) is 11.7 Å². The summed E-state index contributed by atoms with van der Waals surface area (Å²) in [6.45, 7) is 3.61. The van der Waals surface area contributed by atoms with Crippen LogP contribution in [0, 0.1) is 0 Å². The van der Waals surface area contributed by atoms with Gasteiger partial charge >= 0.3 is 0 Å². The number of carbonyl (C=O) groups excluding carboxylic acids is 1. The molecule has 0 saturated carbocycles. The van der Waals surface area contributed by atoms with Crippen LogP contribution in [0.4, 0.5) is 17.5 Å². The van der Waals surface area contributed by atoms with Gasteiger partial charge in [0.2, 0.25) is 5.95 Å². The Morgan fingerprint density at radius 2 is 1.84 bits per heavy atom. The number of piperazine rings is 1. The molecule has 160 valence electrons. The summed E-state index contributed by atoms with van der Waals surface area (Å²) < 4.78 is 5.59. The third kappa shape index (κ3) is 4.16. The maximum Gasteiger partial charge on any atom is 0.227 e. The van der Waals surface area contributed by atoms with Crippen molar-refractivity contribution in [2.45, 2.75) is 18.8 Å². The van der Waals surface area contributed by atoms with Gasteiger partial charge in [0, 0.05) is 55.6 Å². The van der Waals surface area contributed by atoms with Crippen LogP contribution in [0.3, 0.4) is 0 Å². The third-order valence-corrected chi connectivity index (χ3v) is 6.21. The number of nitrogens with one attached hydrogen (secondary N) is 1. The van der Waals surface area contributed by atoms with Gasteiger partial charge in [-0.3, -0.25) is 4.79 Å². The molecule has 7 nitrogen and oxygen atoms in total. The standard InChI is InChI=1S/C23H24ClN5O2/c1-28-8-10-29(11-9-28)23-26-18-13-15(20-3-2-12-31-20)14-19(30)21(18)22(27-23)25-17-6-4-16(24)5-7-17/h2-7,12,15H,8-11,13-14H2,1H3,(H,25,26,27). The van der Waals surface area contributed by atoms with Crippen molar-refractivity contribution in [1.82, 2.24) is 14.9 Å². The number of rotatable bonds is 4. The van der Waals surface area contributed by atoms with E-state index in [9.17, 15) is 4.79 Å². The quantitative estimate of drug-likeness (QED) is 0.657. The summed E-state index contributed by atoms with van der Waals surface area (Å²) in [6.07, 6.45) is 2.68. The summed E-state index contributed by atoms with van der Waals surface area (Å²) in [6, 6.07) is 11.2. The van der Waals surface area contributed by atoms with Gasteiger partial charge in [-0.15, -0.1) is 0 Å². The van der Waals surface area contributed by atoms with E-state index in [0.717, 1.165) is 43.3 Å². The van der Waals surface area contributed by atoms with Crippen LogP contribution in [-0.4, -0.2) is 53.9 Å². The molecule has 1 aromatic carbocycles. The number of anilines is 3. The zero-order valence-electron chi connectivity index (χ0n) is 17.3. The average Bonchev–Trinajstić information content (AvgIpc) is 3.30. The molecule has 1 atom stereocenters. The van der Waals surface area contributed by atoms with Crippen LogP contribution in [-0.2, 0) is 6.42 Å². The predicted octanol–water partition coefficient (Wildman–Crippen LogP) is 4.13. The number of benzene rings is 1. The molecule has 1 unspecified atom stereocenters. The van der Waals surface area contributed by atoms with Gasteiger partial charge in [0.25, 0.3) is 0 Å². The van der Waals surface area contributed by atoms with E-state index in [0.29, 0.717) is 35.2 Å². The first-order valence-electron chi connectivity index (χ1n) is 10.5. The van der Waals surface area contributed by atoms with E-state index in [1.165, 1.54) is 0 Å². The molecular weight excluding hydrogens is 414 g/mol. The first-order valence-corrected chi connectivity index (χ1v) is 10.9. The smallest absolute Gasteiger partial charge is 0.227 e. The number of aromatic nitrogens is 2. The van der Waals surface area contributed by atoms with Crippen LogP contribution in [0.25, 0.3) is 0 Å². The lowest BCUT2D eigenvalue weighted by atomic mass is 9.84. The maximum atomic E-state index is 13.2. The van der Waals surface area contributed by atoms with Crippen molar-refractivity contribution in [2.75, 3.05) is 43.4 Å². The molecule has 1 fully saturated rings. The second-order valence-corrected chi connectivity index (χ2v) is 8.60. The molecule has 2 aliphatic rings. The van der Waals surface area contributed by atoms with E-state index in [4.69, 9.17) is 26.0 Å². The van der Waals surface area contributed by atoms with Gasteiger partial charge < -0.3 is 19.5 Å². The van der Waals surface area contributed by atoms with Gasteiger partial charge in [0.05, 0.1) is 17.5 Å². The molecule has 0 amide bonds. The Balaban J connectivity index is 1.54. The van der Waals surface area contributed by atoms with E-state index in [1.54, 1.807) is 6.26 Å². The average molecular weight is 438 g/mol. The second-order valence-electron chi connectivity index (χ2n) is 8.16. The summed E-state index contributed by atoms with van der Waals surface area (Å²) in [4.78, 5) is 27.3. The fourth-order valence-electron chi connectivity index (χ4n) is 4.20. The highest BCUT2D eigenvalue weighted by Gasteiger charge is 2.33. The third-order valence-electron chi connectivity index (χ3n) is 5.96. The minimum Gasteiger partial charge on any atom is -0.469 e. The van der Waals surface area contributed by atoms with Crippen LogP contribution in [0.1, 0.15) is 34.2 Å². The number of halogens is 1. The lowest BCUT2D eigenvalue weighted by Crippen LogP contribution is -2.45. The number of ketones is 1. The number of hydrogen-bond acceptors (Lipinski definition) is 7. The van der Waals surface area contributed by atoms with Crippen molar-refractivity contribution in [1.29, 1.82) is 0 Å². The highest BCUT2D eigenvalue weighted by Crippen LogP contribution is 2.36. The zero-order chi connectivity index (χ0) is 21.4. The first-order chi connectivity index (χ1) is 15.1. The molecule has 0 bridgehead atoms. The zero-order valence-corrected chi connectivity index (χ0v) is 18.1. The van der Waals surface area contributed by atoms with Gasteiger partial charge in [0.1, 0.15) is 11.6 Å². The van der Waals surface area contributed by atoms with E-state index >= 15 is 0 Å². The van der Waals surface area contributed by atoms with Crippen LogP contribution in [0.2, 0.25) is 5.02 Å². The molecule has 2 aromatic heterocycles. The number of fused-ring (bicyclic) bond motifs is 1. The number of nitrogens with zero attached hydrogens (tertiary/aromatic N) is 4. The molecule has 1 aliphatic carbocycles.